The summed E-state index contributed by atoms with van der Waals surface area (Å²) in [7, 11) is 2.08. The topological polar surface area (TPSA) is 31.2 Å². The molecule has 0 radical (unpaired) electrons. The van der Waals surface area contributed by atoms with Crippen LogP contribution in [0.4, 0.5) is 0 Å². The van der Waals surface area contributed by atoms with Gasteiger partial charge in [-0.1, -0.05) is 67.3 Å². The fraction of sp³-hybridized carbons (Fsp3) is 0.241. The SMILES string of the molecule is C=C1C(C)=C(C2=NC3=C(CCC=C3)C2)N=C(N2Cc3ccccc3C2c2ccccc2)N1C. The first-order chi connectivity index (χ1) is 16.1. The zero-order chi connectivity index (χ0) is 22.5. The molecule has 1 unspecified atom stereocenters. The van der Waals surface area contributed by atoms with Gasteiger partial charge in [0, 0.05) is 25.7 Å². The molecular formula is C29H28N4. The summed E-state index contributed by atoms with van der Waals surface area (Å²) in [5.41, 5.74) is 10.7. The van der Waals surface area contributed by atoms with Gasteiger partial charge in [0.05, 0.1) is 23.1 Å². The van der Waals surface area contributed by atoms with Gasteiger partial charge < -0.3 is 9.80 Å². The number of allylic oxidation sites excluding steroid dienone is 5. The first-order valence-corrected chi connectivity index (χ1v) is 11.7. The normalized spacial score (nSPS) is 22.0. The van der Waals surface area contributed by atoms with Crippen LogP contribution in [0.3, 0.4) is 0 Å². The van der Waals surface area contributed by atoms with Crippen LogP contribution in [-0.2, 0) is 6.54 Å². The minimum Gasteiger partial charge on any atom is -0.327 e. The van der Waals surface area contributed by atoms with Crippen LogP contribution in [0.15, 0.2) is 112 Å². The summed E-state index contributed by atoms with van der Waals surface area (Å²) in [6.07, 6.45) is 7.48. The number of guanidine groups is 1. The average molecular weight is 433 g/mol. The number of rotatable bonds is 2. The summed E-state index contributed by atoms with van der Waals surface area (Å²) in [5, 5.41) is 0. The van der Waals surface area contributed by atoms with Crippen molar-refractivity contribution in [2.45, 2.75) is 38.8 Å². The minimum absolute atomic E-state index is 0.121. The molecule has 0 fully saturated rings. The van der Waals surface area contributed by atoms with E-state index in [1.807, 2.05) is 0 Å². The molecule has 0 amide bonds. The van der Waals surface area contributed by atoms with Gasteiger partial charge >= 0.3 is 0 Å². The second-order valence-electron chi connectivity index (χ2n) is 9.20. The Morgan fingerprint density at radius 3 is 2.61 bits per heavy atom. The Balaban J connectivity index is 1.44. The minimum atomic E-state index is 0.121. The molecule has 3 heterocycles. The standard InChI is InChI=1S/C29H28N4/c1-19-20(2)32(3)29(31-27(19)26-17-22-13-8-10-16-25(22)30-26)33-18-23-14-7-9-15-24(23)28(33)21-11-5-4-6-12-21/h4-7,9-12,14-16,28H,2,8,13,17-18H2,1,3H3. The van der Waals surface area contributed by atoms with Gasteiger partial charge in [-0.25, -0.2) is 4.99 Å². The van der Waals surface area contributed by atoms with Crippen LogP contribution in [0, 0.1) is 0 Å². The van der Waals surface area contributed by atoms with Crippen molar-refractivity contribution < 1.29 is 0 Å². The summed E-state index contributed by atoms with van der Waals surface area (Å²) < 4.78 is 0. The van der Waals surface area contributed by atoms with E-state index >= 15 is 0 Å². The zero-order valence-corrected chi connectivity index (χ0v) is 19.3. The first kappa shape index (κ1) is 20.0. The lowest BCUT2D eigenvalue weighted by Crippen LogP contribution is -2.43. The average Bonchev–Trinajstić information content (AvgIpc) is 3.45. The van der Waals surface area contributed by atoms with Crippen LogP contribution in [0.2, 0.25) is 0 Å². The van der Waals surface area contributed by atoms with Gasteiger partial charge in [0.2, 0.25) is 5.96 Å². The Kier molecular flexibility index (Phi) is 4.68. The van der Waals surface area contributed by atoms with E-state index < -0.39 is 0 Å². The molecule has 0 bridgehead atoms. The molecule has 1 aliphatic carbocycles. The van der Waals surface area contributed by atoms with E-state index in [2.05, 4.69) is 97.1 Å². The Morgan fingerprint density at radius 1 is 1.00 bits per heavy atom. The Hall–Kier alpha value is -3.66. The van der Waals surface area contributed by atoms with Crippen LogP contribution < -0.4 is 0 Å². The van der Waals surface area contributed by atoms with E-state index in [0.29, 0.717) is 0 Å². The van der Waals surface area contributed by atoms with Crippen molar-refractivity contribution in [3.63, 3.8) is 0 Å². The highest BCUT2D eigenvalue weighted by Gasteiger charge is 2.37. The Bertz CT molecular complexity index is 1310. The molecule has 4 nitrogen and oxygen atoms in total. The lowest BCUT2D eigenvalue weighted by Gasteiger charge is -2.37. The maximum Gasteiger partial charge on any atom is 0.207 e. The first-order valence-electron chi connectivity index (χ1n) is 11.7. The van der Waals surface area contributed by atoms with Crippen molar-refractivity contribution in [2.75, 3.05) is 7.05 Å². The molecule has 4 aliphatic rings. The van der Waals surface area contributed by atoms with Crippen molar-refractivity contribution in [2.24, 2.45) is 9.98 Å². The summed E-state index contributed by atoms with van der Waals surface area (Å²) >= 11 is 0. The maximum absolute atomic E-state index is 5.28. The van der Waals surface area contributed by atoms with E-state index in [1.54, 1.807) is 0 Å². The van der Waals surface area contributed by atoms with Crippen molar-refractivity contribution in [3.8, 4) is 0 Å². The molecule has 0 saturated heterocycles. The molecule has 164 valence electrons. The van der Waals surface area contributed by atoms with Crippen molar-refractivity contribution in [3.05, 3.63) is 118 Å². The third-order valence-electron chi connectivity index (χ3n) is 7.24. The Labute approximate surface area is 195 Å². The summed E-state index contributed by atoms with van der Waals surface area (Å²) in [6.45, 7) is 7.38. The van der Waals surface area contributed by atoms with Crippen LogP contribution in [0.1, 0.15) is 48.9 Å². The lowest BCUT2D eigenvalue weighted by molar-refractivity contribution is 0.341. The summed E-state index contributed by atoms with van der Waals surface area (Å²) in [4.78, 5) is 14.8. The van der Waals surface area contributed by atoms with Crippen LogP contribution >= 0.6 is 0 Å². The quantitative estimate of drug-likeness (QED) is 0.572. The maximum atomic E-state index is 5.28. The third-order valence-corrected chi connectivity index (χ3v) is 7.24. The molecule has 33 heavy (non-hydrogen) atoms. The number of fused-ring (bicyclic) bond motifs is 1. The van der Waals surface area contributed by atoms with Crippen LogP contribution in [0.5, 0.6) is 0 Å². The molecule has 3 aliphatic heterocycles. The fourth-order valence-electron chi connectivity index (χ4n) is 5.39. The molecule has 0 saturated carbocycles. The molecule has 4 heteroatoms. The highest BCUT2D eigenvalue weighted by molar-refractivity contribution is 6.07. The number of likely N-dealkylation sites (N-methyl/N-ethyl adjacent to an activating group) is 1. The second kappa shape index (κ2) is 7.73. The number of hydrogen-bond donors (Lipinski definition) is 0. The monoisotopic (exact) mass is 432 g/mol. The van der Waals surface area contributed by atoms with E-state index in [9.17, 15) is 0 Å². The molecule has 6 rings (SSSR count). The lowest BCUT2D eigenvalue weighted by atomic mass is 9.97. The molecule has 1 atom stereocenters. The molecule has 0 spiro atoms. The van der Waals surface area contributed by atoms with Crippen LogP contribution in [-0.4, -0.2) is 28.5 Å². The van der Waals surface area contributed by atoms with Gasteiger partial charge in [-0.2, -0.15) is 0 Å². The predicted molar refractivity (Wildman–Crippen MR) is 135 cm³/mol. The summed E-state index contributed by atoms with van der Waals surface area (Å²) in [5.74, 6) is 0.939. The van der Waals surface area contributed by atoms with Crippen molar-refractivity contribution >= 4 is 11.7 Å². The van der Waals surface area contributed by atoms with Gasteiger partial charge in [0.1, 0.15) is 0 Å². The molecule has 0 N–H and O–H groups in total. The van der Waals surface area contributed by atoms with Crippen LogP contribution in [0.25, 0.3) is 0 Å². The van der Waals surface area contributed by atoms with Gasteiger partial charge in [-0.15, -0.1) is 0 Å². The van der Waals surface area contributed by atoms with E-state index in [1.165, 1.54) is 22.3 Å². The van der Waals surface area contributed by atoms with Gasteiger partial charge in [-0.3, -0.25) is 4.99 Å². The van der Waals surface area contributed by atoms with E-state index in [0.717, 1.165) is 60.1 Å². The molecular weight excluding hydrogens is 404 g/mol. The molecule has 2 aromatic rings. The largest absolute Gasteiger partial charge is 0.327 e. The number of benzene rings is 2. The predicted octanol–water partition coefficient (Wildman–Crippen LogP) is 6.13. The number of aliphatic imine (C=N–C) groups is 2. The van der Waals surface area contributed by atoms with E-state index in [-0.39, 0.29) is 6.04 Å². The Morgan fingerprint density at radius 2 is 1.79 bits per heavy atom. The summed E-state index contributed by atoms with van der Waals surface area (Å²) in [6, 6.07) is 19.6. The van der Waals surface area contributed by atoms with E-state index in [4.69, 9.17) is 9.98 Å². The second-order valence-corrected chi connectivity index (χ2v) is 9.20. The highest BCUT2D eigenvalue weighted by atomic mass is 15.4. The van der Waals surface area contributed by atoms with Gasteiger partial charge in [-0.05, 0) is 53.7 Å². The van der Waals surface area contributed by atoms with Crippen molar-refractivity contribution in [1.82, 2.24) is 9.80 Å². The highest BCUT2D eigenvalue weighted by Crippen LogP contribution is 2.41. The fourth-order valence-corrected chi connectivity index (χ4v) is 5.39. The van der Waals surface area contributed by atoms with Crippen molar-refractivity contribution in [1.29, 1.82) is 0 Å². The number of hydrogen-bond acceptors (Lipinski definition) is 4. The zero-order valence-electron chi connectivity index (χ0n) is 19.3. The van der Waals surface area contributed by atoms with Gasteiger partial charge in [0.15, 0.2) is 0 Å². The molecule has 2 aromatic carbocycles. The number of nitrogens with zero attached hydrogens (tertiary/aromatic N) is 4. The third kappa shape index (κ3) is 3.20. The smallest absolute Gasteiger partial charge is 0.207 e. The molecule has 0 aromatic heterocycles. The van der Waals surface area contributed by atoms with Gasteiger partial charge in [0.25, 0.3) is 0 Å².